The highest BCUT2D eigenvalue weighted by atomic mass is 16.5. The standard InChI is InChI=1S/C11H18N2O/c1-10(12)9-14-8-2-3-11-4-6-13-7-5-11/h4-7,10H,2-3,8-9,12H2,1H3. The molecule has 1 aromatic heterocycles. The third-order valence-corrected chi connectivity index (χ3v) is 1.88. The summed E-state index contributed by atoms with van der Waals surface area (Å²) in [5, 5.41) is 0. The zero-order chi connectivity index (χ0) is 10.2. The lowest BCUT2D eigenvalue weighted by Gasteiger charge is -2.06. The summed E-state index contributed by atoms with van der Waals surface area (Å²) >= 11 is 0. The molecule has 14 heavy (non-hydrogen) atoms. The molecule has 0 bridgehead atoms. The molecule has 0 saturated carbocycles. The van der Waals surface area contributed by atoms with Gasteiger partial charge in [0.2, 0.25) is 0 Å². The second-order valence-corrected chi connectivity index (χ2v) is 3.51. The summed E-state index contributed by atoms with van der Waals surface area (Å²) in [5.74, 6) is 0. The maximum atomic E-state index is 5.55. The number of ether oxygens (including phenoxy) is 1. The first-order valence-electron chi connectivity index (χ1n) is 5.01. The average Bonchev–Trinajstić information content (AvgIpc) is 2.18. The van der Waals surface area contributed by atoms with E-state index in [1.54, 1.807) is 0 Å². The van der Waals surface area contributed by atoms with E-state index < -0.39 is 0 Å². The molecule has 0 saturated heterocycles. The van der Waals surface area contributed by atoms with E-state index in [4.69, 9.17) is 10.5 Å². The zero-order valence-electron chi connectivity index (χ0n) is 8.65. The SMILES string of the molecule is CC(N)COCCCc1ccncc1. The molecule has 2 N–H and O–H groups in total. The number of hydrogen-bond acceptors (Lipinski definition) is 3. The molecule has 1 aromatic rings. The molecule has 0 aliphatic heterocycles. The van der Waals surface area contributed by atoms with Crippen LogP contribution in [0.2, 0.25) is 0 Å². The van der Waals surface area contributed by atoms with Crippen LogP contribution in [0.5, 0.6) is 0 Å². The van der Waals surface area contributed by atoms with Crippen molar-refractivity contribution in [3.63, 3.8) is 0 Å². The van der Waals surface area contributed by atoms with E-state index in [9.17, 15) is 0 Å². The van der Waals surface area contributed by atoms with Crippen LogP contribution in [0.15, 0.2) is 24.5 Å². The highest BCUT2D eigenvalue weighted by molar-refractivity contribution is 5.09. The van der Waals surface area contributed by atoms with Gasteiger partial charge in [0, 0.05) is 25.0 Å². The van der Waals surface area contributed by atoms with E-state index in [2.05, 4.69) is 4.98 Å². The molecule has 1 unspecified atom stereocenters. The summed E-state index contributed by atoms with van der Waals surface area (Å²) in [6.07, 6.45) is 5.72. The Balaban J connectivity index is 2.05. The highest BCUT2D eigenvalue weighted by Gasteiger charge is 1.95. The molecule has 78 valence electrons. The van der Waals surface area contributed by atoms with Gasteiger partial charge in [0.25, 0.3) is 0 Å². The van der Waals surface area contributed by atoms with Crippen LogP contribution < -0.4 is 5.73 Å². The number of pyridine rings is 1. The summed E-state index contributed by atoms with van der Waals surface area (Å²) in [6.45, 7) is 3.38. The van der Waals surface area contributed by atoms with Crippen LogP contribution in [0, 0.1) is 0 Å². The number of nitrogens with two attached hydrogens (primary N) is 1. The van der Waals surface area contributed by atoms with Crippen LogP contribution in [0.4, 0.5) is 0 Å². The quantitative estimate of drug-likeness (QED) is 0.696. The van der Waals surface area contributed by atoms with Crippen molar-refractivity contribution >= 4 is 0 Å². The lowest BCUT2D eigenvalue weighted by molar-refractivity contribution is 0.122. The Hall–Kier alpha value is -0.930. The van der Waals surface area contributed by atoms with E-state index in [1.165, 1.54) is 5.56 Å². The smallest absolute Gasteiger partial charge is 0.0614 e. The summed E-state index contributed by atoms with van der Waals surface area (Å²) in [7, 11) is 0. The Morgan fingerprint density at radius 3 is 2.79 bits per heavy atom. The topological polar surface area (TPSA) is 48.1 Å². The van der Waals surface area contributed by atoms with Crippen molar-refractivity contribution in [3.05, 3.63) is 30.1 Å². The predicted molar refractivity (Wildman–Crippen MR) is 57.0 cm³/mol. The third kappa shape index (κ3) is 4.94. The monoisotopic (exact) mass is 194 g/mol. The van der Waals surface area contributed by atoms with Gasteiger partial charge in [-0.1, -0.05) is 0 Å². The fourth-order valence-electron chi connectivity index (χ4n) is 1.20. The van der Waals surface area contributed by atoms with Gasteiger partial charge in [-0.2, -0.15) is 0 Å². The van der Waals surface area contributed by atoms with E-state index >= 15 is 0 Å². The largest absolute Gasteiger partial charge is 0.380 e. The molecule has 3 heteroatoms. The molecule has 0 aliphatic carbocycles. The minimum atomic E-state index is 0.135. The zero-order valence-corrected chi connectivity index (χ0v) is 8.65. The average molecular weight is 194 g/mol. The highest BCUT2D eigenvalue weighted by Crippen LogP contribution is 2.00. The number of rotatable bonds is 6. The van der Waals surface area contributed by atoms with Crippen molar-refractivity contribution < 1.29 is 4.74 Å². The summed E-state index contributed by atoms with van der Waals surface area (Å²) in [4.78, 5) is 3.97. The minimum absolute atomic E-state index is 0.135. The molecule has 0 spiro atoms. The van der Waals surface area contributed by atoms with Gasteiger partial charge in [0.1, 0.15) is 0 Å². The molecule has 0 aromatic carbocycles. The number of aryl methyl sites for hydroxylation is 1. The van der Waals surface area contributed by atoms with Crippen LogP contribution >= 0.6 is 0 Å². The number of aromatic nitrogens is 1. The van der Waals surface area contributed by atoms with Gasteiger partial charge in [-0.3, -0.25) is 4.98 Å². The Bertz CT molecular complexity index is 236. The lowest BCUT2D eigenvalue weighted by atomic mass is 10.1. The lowest BCUT2D eigenvalue weighted by Crippen LogP contribution is -2.22. The molecular formula is C11H18N2O. The van der Waals surface area contributed by atoms with Crippen LogP contribution in [-0.4, -0.2) is 24.2 Å². The Morgan fingerprint density at radius 1 is 1.43 bits per heavy atom. The van der Waals surface area contributed by atoms with Crippen LogP contribution in [0.25, 0.3) is 0 Å². The van der Waals surface area contributed by atoms with Crippen LogP contribution in [0.1, 0.15) is 18.9 Å². The first-order chi connectivity index (χ1) is 6.79. The van der Waals surface area contributed by atoms with Crippen LogP contribution in [-0.2, 0) is 11.2 Å². The van der Waals surface area contributed by atoms with Crippen molar-refractivity contribution in [2.45, 2.75) is 25.8 Å². The molecule has 1 heterocycles. The fourth-order valence-corrected chi connectivity index (χ4v) is 1.20. The Labute approximate surface area is 85.3 Å². The van der Waals surface area contributed by atoms with Crippen molar-refractivity contribution in [3.8, 4) is 0 Å². The van der Waals surface area contributed by atoms with Crippen molar-refractivity contribution in [2.24, 2.45) is 5.73 Å². The van der Waals surface area contributed by atoms with Gasteiger partial charge in [-0.25, -0.2) is 0 Å². The van der Waals surface area contributed by atoms with Gasteiger partial charge in [-0.05, 0) is 37.5 Å². The van der Waals surface area contributed by atoms with E-state index in [0.29, 0.717) is 6.61 Å². The normalized spacial score (nSPS) is 12.7. The summed E-state index contributed by atoms with van der Waals surface area (Å²) < 4.78 is 5.38. The van der Waals surface area contributed by atoms with Gasteiger partial charge >= 0.3 is 0 Å². The molecule has 1 atom stereocenters. The van der Waals surface area contributed by atoms with Crippen molar-refractivity contribution in [2.75, 3.05) is 13.2 Å². The summed E-state index contributed by atoms with van der Waals surface area (Å²) in [6, 6.07) is 4.20. The maximum Gasteiger partial charge on any atom is 0.0614 e. The fraction of sp³-hybridized carbons (Fsp3) is 0.545. The molecule has 0 amide bonds. The van der Waals surface area contributed by atoms with Crippen LogP contribution in [0.3, 0.4) is 0 Å². The number of nitrogens with zero attached hydrogens (tertiary/aromatic N) is 1. The summed E-state index contributed by atoms with van der Waals surface area (Å²) in [5.41, 5.74) is 6.86. The van der Waals surface area contributed by atoms with Gasteiger partial charge in [0.15, 0.2) is 0 Å². The molecule has 1 rings (SSSR count). The first-order valence-corrected chi connectivity index (χ1v) is 5.01. The molecule has 0 radical (unpaired) electrons. The third-order valence-electron chi connectivity index (χ3n) is 1.88. The molecule has 0 fully saturated rings. The van der Waals surface area contributed by atoms with Gasteiger partial charge < -0.3 is 10.5 Å². The second kappa shape index (κ2) is 6.51. The second-order valence-electron chi connectivity index (χ2n) is 3.51. The maximum absolute atomic E-state index is 5.55. The van der Waals surface area contributed by atoms with Crippen molar-refractivity contribution in [1.29, 1.82) is 0 Å². The first kappa shape index (κ1) is 11.1. The predicted octanol–water partition coefficient (Wildman–Crippen LogP) is 1.38. The van der Waals surface area contributed by atoms with E-state index in [-0.39, 0.29) is 6.04 Å². The molecule has 3 nitrogen and oxygen atoms in total. The van der Waals surface area contributed by atoms with Gasteiger partial charge in [0.05, 0.1) is 6.61 Å². The molecular weight excluding hydrogens is 176 g/mol. The molecule has 0 aliphatic rings. The minimum Gasteiger partial charge on any atom is -0.380 e. The Kier molecular flexibility index (Phi) is 5.19. The van der Waals surface area contributed by atoms with Gasteiger partial charge in [-0.15, -0.1) is 0 Å². The Morgan fingerprint density at radius 2 is 2.14 bits per heavy atom. The van der Waals surface area contributed by atoms with Crippen molar-refractivity contribution in [1.82, 2.24) is 4.98 Å². The van der Waals surface area contributed by atoms with E-state index in [0.717, 1.165) is 19.4 Å². The number of hydrogen-bond donors (Lipinski definition) is 1. The van der Waals surface area contributed by atoms with E-state index in [1.807, 2.05) is 31.5 Å².